The van der Waals surface area contributed by atoms with E-state index in [0.29, 0.717) is 24.2 Å². The fourth-order valence-corrected chi connectivity index (χ4v) is 4.33. The Morgan fingerprint density at radius 1 is 1.25 bits per heavy atom. The number of H-pyrrole nitrogens is 1. The Labute approximate surface area is 140 Å². The van der Waals surface area contributed by atoms with E-state index in [1.165, 1.54) is 23.7 Å². The van der Waals surface area contributed by atoms with Gasteiger partial charge in [0.15, 0.2) is 0 Å². The second kappa shape index (κ2) is 5.23. The Bertz CT molecular complexity index is 909. The molecular weight excluding hydrogens is 300 g/mol. The maximum Gasteiger partial charge on any atom is 0.274 e. The molecule has 1 N–H and O–H groups in total. The van der Waals surface area contributed by atoms with Gasteiger partial charge in [-0.1, -0.05) is 18.2 Å². The molecule has 1 aliphatic carbocycles. The number of likely N-dealkylation sites (tertiary alicyclic amines) is 1. The minimum absolute atomic E-state index is 0.0852. The minimum atomic E-state index is 0.0852. The summed E-state index contributed by atoms with van der Waals surface area (Å²) in [5, 5.41) is 8.54. The lowest BCUT2D eigenvalue weighted by Crippen LogP contribution is -2.37. The Kier molecular flexibility index (Phi) is 3.01. The highest BCUT2D eigenvalue weighted by Gasteiger charge is 2.40. The van der Waals surface area contributed by atoms with Crippen molar-refractivity contribution in [3.05, 3.63) is 54.0 Å². The van der Waals surface area contributed by atoms with Crippen molar-refractivity contribution >= 4 is 16.8 Å². The Morgan fingerprint density at radius 2 is 2.17 bits per heavy atom. The van der Waals surface area contributed by atoms with Gasteiger partial charge in [0, 0.05) is 24.3 Å². The second-order valence-corrected chi connectivity index (χ2v) is 7.07. The Balaban J connectivity index is 1.36. The first kappa shape index (κ1) is 13.8. The topological polar surface area (TPSA) is 53.9 Å². The molecule has 1 amide bonds. The number of carbonyl (C=O) groups is 1. The third-order valence-electron chi connectivity index (χ3n) is 5.54. The number of carbonyl (C=O) groups excluding carboxylic acids is 1. The number of rotatable bonds is 3. The maximum absolute atomic E-state index is 12.7. The number of hydrogen-bond acceptors (Lipinski definition) is 2. The molecule has 2 fully saturated rings. The molecule has 0 radical (unpaired) electrons. The highest BCUT2D eigenvalue weighted by Crippen LogP contribution is 2.37. The Hall–Kier alpha value is -2.56. The number of amides is 1. The summed E-state index contributed by atoms with van der Waals surface area (Å²) in [5.74, 6) is 0.797. The van der Waals surface area contributed by atoms with Crippen LogP contribution in [0.5, 0.6) is 0 Å². The van der Waals surface area contributed by atoms with Gasteiger partial charge >= 0.3 is 0 Å². The number of benzene rings is 1. The number of piperidine rings is 1. The van der Waals surface area contributed by atoms with Crippen LogP contribution in [0.15, 0.2) is 42.6 Å². The summed E-state index contributed by atoms with van der Waals surface area (Å²) >= 11 is 0. The number of aromatic nitrogens is 3. The summed E-state index contributed by atoms with van der Waals surface area (Å²) in [6, 6.07) is 12.8. The molecule has 24 heavy (non-hydrogen) atoms. The largest absolute Gasteiger partial charge is 0.341 e. The standard InChI is InChI=1S/C19H20N4O/c24-19(23-11-13-5-6-16(23)9-13)17-10-15(20-21-17)12-22-8-7-14-3-1-2-4-18(14)22/h1-4,7-8,10,13,16H,5-6,9,11-12H2,(H,20,21)/t13-,16-/m0/s1. The van der Waals surface area contributed by atoms with Gasteiger partial charge in [-0.2, -0.15) is 5.10 Å². The van der Waals surface area contributed by atoms with E-state index in [2.05, 4.69) is 39.2 Å². The summed E-state index contributed by atoms with van der Waals surface area (Å²) in [7, 11) is 0. The number of para-hydroxylation sites is 1. The van der Waals surface area contributed by atoms with Crippen molar-refractivity contribution in [2.24, 2.45) is 5.92 Å². The molecule has 1 aromatic carbocycles. The number of nitrogens with one attached hydrogen (secondary N) is 1. The number of hydrogen-bond donors (Lipinski definition) is 1. The summed E-state index contributed by atoms with van der Waals surface area (Å²) in [4.78, 5) is 14.7. The van der Waals surface area contributed by atoms with Gasteiger partial charge in [-0.15, -0.1) is 0 Å². The smallest absolute Gasteiger partial charge is 0.274 e. The first-order valence-electron chi connectivity index (χ1n) is 8.67. The fourth-order valence-electron chi connectivity index (χ4n) is 4.33. The van der Waals surface area contributed by atoms with Gasteiger partial charge in [0.1, 0.15) is 5.69 Å². The SMILES string of the molecule is O=C(c1cc(Cn2ccc3ccccc32)[nH]n1)N1C[C@H]2CC[C@H]1C2. The molecule has 3 aromatic rings. The summed E-state index contributed by atoms with van der Waals surface area (Å²) in [5.41, 5.74) is 2.70. The van der Waals surface area contributed by atoms with Crippen molar-refractivity contribution < 1.29 is 4.79 Å². The van der Waals surface area contributed by atoms with Crippen LogP contribution in [0.3, 0.4) is 0 Å². The van der Waals surface area contributed by atoms with Crippen LogP contribution < -0.4 is 0 Å². The molecule has 0 spiro atoms. The van der Waals surface area contributed by atoms with Crippen LogP contribution >= 0.6 is 0 Å². The highest BCUT2D eigenvalue weighted by molar-refractivity contribution is 5.93. The van der Waals surface area contributed by atoms with Crippen molar-refractivity contribution in [2.75, 3.05) is 6.54 Å². The predicted octanol–water partition coefficient (Wildman–Crippen LogP) is 3.04. The zero-order valence-electron chi connectivity index (χ0n) is 13.5. The molecule has 5 nitrogen and oxygen atoms in total. The van der Waals surface area contributed by atoms with E-state index in [9.17, 15) is 4.79 Å². The van der Waals surface area contributed by atoms with Crippen LogP contribution in [0, 0.1) is 5.92 Å². The molecule has 2 aliphatic rings. The molecule has 1 saturated carbocycles. The molecule has 5 heteroatoms. The average molecular weight is 320 g/mol. The van der Waals surface area contributed by atoms with Gasteiger partial charge < -0.3 is 9.47 Å². The van der Waals surface area contributed by atoms with Crippen LogP contribution in [0.1, 0.15) is 35.4 Å². The minimum Gasteiger partial charge on any atom is -0.341 e. The predicted molar refractivity (Wildman–Crippen MR) is 91.8 cm³/mol. The zero-order valence-corrected chi connectivity index (χ0v) is 13.5. The summed E-state index contributed by atoms with van der Waals surface area (Å²) < 4.78 is 2.18. The molecule has 2 atom stereocenters. The highest BCUT2D eigenvalue weighted by atomic mass is 16.2. The zero-order chi connectivity index (χ0) is 16.1. The van der Waals surface area contributed by atoms with Gasteiger partial charge in [-0.25, -0.2) is 0 Å². The van der Waals surface area contributed by atoms with Crippen LogP contribution in [0.25, 0.3) is 10.9 Å². The van der Waals surface area contributed by atoms with Crippen LogP contribution in [-0.4, -0.2) is 38.2 Å². The van der Waals surface area contributed by atoms with Crippen molar-refractivity contribution in [3.8, 4) is 0 Å². The van der Waals surface area contributed by atoms with E-state index < -0.39 is 0 Å². The lowest BCUT2D eigenvalue weighted by atomic mass is 10.1. The van der Waals surface area contributed by atoms with Gasteiger partial charge in [-0.05, 0) is 48.8 Å². The van der Waals surface area contributed by atoms with Crippen molar-refractivity contribution in [3.63, 3.8) is 0 Å². The quantitative estimate of drug-likeness (QED) is 0.806. The maximum atomic E-state index is 12.7. The lowest BCUT2D eigenvalue weighted by Gasteiger charge is -2.26. The van der Waals surface area contributed by atoms with E-state index in [1.54, 1.807) is 0 Å². The van der Waals surface area contributed by atoms with E-state index in [-0.39, 0.29) is 5.91 Å². The summed E-state index contributed by atoms with van der Waals surface area (Å²) in [6.45, 7) is 1.60. The van der Waals surface area contributed by atoms with Gasteiger partial charge in [-0.3, -0.25) is 9.89 Å². The van der Waals surface area contributed by atoms with E-state index in [1.807, 2.05) is 23.1 Å². The molecule has 1 aliphatic heterocycles. The van der Waals surface area contributed by atoms with Crippen molar-refractivity contribution in [2.45, 2.75) is 31.8 Å². The third-order valence-corrected chi connectivity index (χ3v) is 5.54. The fraction of sp³-hybridized carbons (Fsp3) is 0.368. The Morgan fingerprint density at radius 3 is 3.00 bits per heavy atom. The number of nitrogens with zero attached hydrogens (tertiary/aromatic N) is 3. The normalized spacial score (nSPS) is 22.6. The molecular formula is C19H20N4O. The number of aromatic amines is 1. The second-order valence-electron chi connectivity index (χ2n) is 7.07. The molecule has 2 aromatic heterocycles. The van der Waals surface area contributed by atoms with E-state index in [0.717, 1.165) is 18.7 Å². The molecule has 5 rings (SSSR count). The summed E-state index contributed by atoms with van der Waals surface area (Å²) in [6.07, 6.45) is 5.69. The first-order valence-corrected chi connectivity index (χ1v) is 8.67. The van der Waals surface area contributed by atoms with Gasteiger partial charge in [0.25, 0.3) is 5.91 Å². The van der Waals surface area contributed by atoms with E-state index in [4.69, 9.17) is 0 Å². The van der Waals surface area contributed by atoms with Gasteiger partial charge in [0.05, 0.1) is 12.2 Å². The first-order chi connectivity index (χ1) is 11.8. The lowest BCUT2D eigenvalue weighted by molar-refractivity contribution is 0.0697. The molecule has 3 heterocycles. The molecule has 1 saturated heterocycles. The molecule has 122 valence electrons. The monoisotopic (exact) mass is 320 g/mol. The van der Waals surface area contributed by atoms with Crippen LogP contribution in [-0.2, 0) is 6.54 Å². The van der Waals surface area contributed by atoms with Crippen LogP contribution in [0.2, 0.25) is 0 Å². The molecule has 2 bridgehead atoms. The van der Waals surface area contributed by atoms with Crippen molar-refractivity contribution in [1.82, 2.24) is 19.7 Å². The van der Waals surface area contributed by atoms with Gasteiger partial charge in [0.2, 0.25) is 0 Å². The van der Waals surface area contributed by atoms with E-state index >= 15 is 0 Å². The van der Waals surface area contributed by atoms with Crippen LogP contribution in [0.4, 0.5) is 0 Å². The average Bonchev–Trinajstić information content (AvgIpc) is 3.39. The number of fused-ring (bicyclic) bond motifs is 3. The molecule has 0 unspecified atom stereocenters. The third kappa shape index (κ3) is 2.15. The van der Waals surface area contributed by atoms with Crippen molar-refractivity contribution in [1.29, 1.82) is 0 Å².